The number of anilines is 1. The third-order valence-corrected chi connectivity index (χ3v) is 5.87. The van der Waals surface area contributed by atoms with Gasteiger partial charge in [-0.15, -0.1) is 0 Å². The fourth-order valence-corrected chi connectivity index (χ4v) is 3.82. The van der Waals surface area contributed by atoms with Gasteiger partial charge in [0.2, 0.25) is 0 Å². The van der Waals surface area contributed by atoms with Gasteiger partial charge in [-0.25, -0.2) is 0 Å². The maximum absolute atomic E-state index is 13.0. The number of amides is 1. The van der Waals surface area contributed by atoms with Crippen molar-refractivity contribution in [1.29, 1.82) is 0 Å². The van der Waals surface area contributed by atoms with Gasteiger partial charge in [0.25, 0.3) is 11.5 Å². The van der Waals surface area contributed by atoms with E-state index in [2.05, 4.69) is 10.3 Å². The molecule has 5 nitrogen and oxygen atoms in total. The van der Waals surface area contributed by atoms with Crippen LogP contribution in [0.3, 0.4) is 0 Å². The Hall–Kier alpha value is -3.22. The molecule has 3 aromatic carbocycles. The van der Waals surface area contributed by atoms with Crippen LogP contribution in [0.1, 0.15) is 21.5 Å². The van der Waals surface area contributed by atoms with Crippen LogP contribution in [-0.2, 0) is 13.0 Å². The van der Waals surface area contributed by atoms with E-state index in [1.54, 1.807) is 34.9 Å². The zero-order valence-electron chi connectivity index (χ0n) is 16.8. The molecule has 0 aliphatic carbocycles. The molecule has 4 rings (SSSR count). The second-order valence-electron chi connectivity index (χ2n) is 7.30. The Morgan fingerprint density at radius 1 is 1.10 bits per heavy atom. The number of fused-ring (bicyclic) bond motifs is 1. The van der Waals surface area contributed by atoms with E-state index in [-0.39, 0.29) is 11.5 Å². The fraction of sp³-hybridized carbons (Fsp3) is 0.125. The number of aromatic nitrogens is 2. The zero-order chi connectivity index (χ0) is 22.0. The molecule has 0 radical (unpaired) electrons. The molecule has 7 heteroatoms. The van der Waals surface area contributed by atoms with Crippen molar-refractivity contribution in [2.24, 2.45) is 0 Å². The smallest absolute Gasteiger partial charge is 0.262 e. The van der Waals surface area contributed by atoms with Crippen LogP contribution in [0.15, 0.2) is 71.5 Å². The third kappa shape index (κ3) is 4.60. The van der Waals surface area contributed by atoms with Gasteiger partial charge in [0.1, 0.15) is 0 Å². The summed E-state index contributed by atoms with van der Waals surface area (Å²) in [5.74, 6) is -0.297. The van der Waals surface area contributed by atoms with Crippen LogP contribution < -0.4 is 10.9 Å². The Kier molecular flexibility index (Phi) is 6.02. The van der Waals surface area contributed by atoms with E-state index in [0.717, 1.165) is 11.1 Å². The van der Waals surface area contributed by atoms with Gasteiger partial charge in [0, 0.05) is 22.8 Å². The van der Waals surface area contributed by atoms with E-state index in [9.17, 15) is 9.59 Å². The summed E-state index contributed by atoms with van der Waals surface area (Å²) in [5.41, 5.74) is 3.43. The molecule has 0 saturated carbocycles. The average molecular weight is 450 g/mol. The average Bonchev–Trinajstić information content (AvgIpc) is 2.76. The molecular formula is C24H20ClN3O2S. The molecule has 0 saturated heterocycles. The first-order valence-electron chi connectivity index (χ1n) is 9.81. The molecule has 31 heavy (non-hydrogen) atoms. The fourth-order valence-electron chi connectivity index (χ4n) is 3.36. The minimum atomic E-state index is -0.297. The summed E-state index contributed by atoms with van der Waals surface area (Å²) in [6, 6.07) is 20.2. The lowest BCUT2D eigenvalue weighted by Gasteiger charge is -2.10. The summed E-state index contributed by atoms with van der Waals surface area (Å²) in [7, 11) is 0. The van der Waals surface area contributed by atoms with Gasteiger partial charge < -0.3 is 10.3 Å². The molecular weight excluding hydrogens is 430 g/mol. The highest BCUT2D eigenvalue weighted by molar-refractivity contribution is 7.71. The molecule has 1 heterocycles. The van der Waals surface area contributed by atoms with Crippen LogP contribution in [0.2, 0.25) is 5.02 Å². The van der Waals surface area contributed by atoms with E-state index in [4.69, 9.17) is 23.8 Å². The van der Waals surface area contributed by atoms with Gasteiger partial charge in [-0.1, -0.05) is 48.0 Å². The SMILES string of the molecule is Cc1ccc(NC(=O)c2ccc3c(=O)n(CCc4ccccc4)c(=S)[nH]c3c2)cc1Cl. The molecule has 0 aliphatic heterocycles. The minimum absolute atomic E-state index is 0.174. The van der Waals surface area contributed by atoms with E-state index in [1.807, 2.05) is 43.3 Å². The number of carbonyl (C=O) groups excluding carboxylic acids is 1. The summed E-state index contributed by atoms with van der Waals surface area (Å²) in [6.07, 6.45) is 0.698. The number of carbonyl (C=O) groups is 1. The van der Waals surface area contributed by atoms with E-state index < -0.39 is 0 Å². The molecule has 0 atom stereocenters. The Balaban J connectivity index is 1.60. The Morgan fingerprint density at radius 2 is 1.87 bits per heavy atom. The maximum atomic E-state index is 13.0. The van der Waals surface area contributed by atoms with Crippen LogP contribution in [0, 0.1) is 11.7 Å². The van der Waals surface area contributed by atoms with Gasteiger partial charge in [0.15, 0.2) is 4.77 Å². The van der Waals surface area contributed by atoms with E-state index in [1.165, 1.54) is 0 Å². The number of H-pyrrole nitrogens is 1. The van der Waals surface area contributed by atoms with Gasteiger partial charge in [0.05, 0.1) is 10.9 Å². The highest BCUT2D eigenvalue weighted by Gasteiger charge is 2.11. The number of halogens is 1. The number of rotatable bonds is 5. The number of nitrogens with one attached hydrogen (secondary N) is 2. The first kappa shape index (κ1) is 21.0. The van der Waals surface area contributed by atoms with Gasteiger partial charge in [-0.3, -0.25) is 14.2 Å². The molecule has 2 N–H and O–H groups in total. The number of hydrogen-bond acceptors (Lipinski definition) is 3. The number of hydrogen-bond donors (Lipinski definition) is 2. The quantitative estimate of drug-likeness (QED) is 0.394. The topological polar surface area (TPSA) is 66.9 Å². The molecule has 156 valence electrons. The highest BCUT2D eigenvalue weighted by atomic mass is 35.5. The molecule has 0 fully saturated rings. The normalized spacial score (nSPS) is 10.9. The second kappa shape index (κ2) is 8.88. The molecule has 1 aromatic heterocycles. The van der Waals surface area contributed by atoms with E-state index in [0.29, 0.717) is 44.9 Å². The Morgan fingerprint density at radius 3 is 2.61 bits per heavy atom. The number of aromatic amines is 1. The Bertz CT molecular complexity index is 1390. The minimum Gasteiger partial charge on any atom is -0.332 e. The van der Waals surface area contributed by atoms with Crippen molar-refractivity contribution >= 4 is 46.3 Å². The van der Waals surface area contributed by atoms with Crippen molar-refractivity contribution in [3.8, 4) is 0 Å². The summed E-state index contributed by atoms with van der Waals surface area (Å²) < 4.78 is 1.88. The summed E-state index contributed by atoms with van der Waals surface area (Å²) >= 11 is 11.5. The molecule has 4 aromatic rings. The van der Waals surface area contributed by atoms with Crippen molar-refractivity contribution in [2.45, 2.75) is 19.9 Å². The molecule has 0 aliphatic rings. The molecule has 0 unspecified atom stereocenters. The lowest BCUT2D eigenvalue weighted by atomic mass is 10.1. The lowest BCUT2D eigenvalue weighted by Crippen LogP contribution is -2.23. The van der Waals surface area contributed by atoms with Crippen molar-refractivity contribution in [3.63, 3.8) is 0 Å². The predicted molar refractivity (Wildman–Crippen MR) is 128 cm³/mol. The largest absolute Gasteiger partial charge is 0.332 e. The van der Waals surface area contributed by atoms with Crippen molar-refractivity contribution in [2.75, 3.05) is 5.32 Å². The predicted octanol–water partition coefficient (Wildman–Crippen LogP) is 5.52. The highest BCUT2D eigenvalue weighted by Crippen LogP contribution is 2.21. The van der Waals surface area contributed by atoms with E-state index >= 15 is 0 Å². The number of nitrogens with zero attached hydrogens (tertiary/aromatic N) is 1. The first-order valence-corrected chi connectivity index (χ1v) is 10.6. The van der Waals surface area contributed by atoms with Gasteiger partial charge in [-0.2, -0.15) is 0 Å². The number of benzene rings is 3. The van der Waals surface area contributed by atoms with Gasteiger partial charge >= 0.3 is 0 Å². The van der Waals surface area contributed by atoms with Crippen molar-refractivity contribution in [3.05, 3.63) is 104 Å². The lowest BCUT2D eigenvalue weighted by molar-refractivity contribution is 0.102. The number of aryl methyl sites for hydroxylation is 2. The molecule has 0 spiro atoms. The standard InChI is InChI=1S/C24H20ClN3O2S/c1-15-7-9-18(14-20(15)25)26-22(29)17-8-10-19-21(13-17)27-24(31)28(23(19)30)12-11-16-5-3-2-4-6-16/h2-10,13-14H,11-12H2,1H3,(H,26,29)(H,27,31). The maximum Gasteiger partial charge on any atom is 0.262 e. The van der Waals surface area contributed by atoms with Crippen LogP contribution in [0.25, 0.3) is 10.9 Å². The van der Waals surface area contributed by atoms with Gasteiger partial charge in [-0.05, 0) is 67.0 Å². The van der Waals surface area contributed by atoms with Crippen LogP contribution in [-0.4, -0.2) is 15.5 Å². The Labute approximate surface area is 189 Å². The summed E-state index contributed by atoms with van der Waals surface area (Å²) in [4.78, 5) is 28.7. The van der Waals surface area contributed by atoms with Crippen LogP contribution in [0.4, 0.5) is 5.69 Å². The third-order valence-electron chi connectivity index (χ3n) is 5.14. The molecule has 1 amide bonds. The summed E-state index contributed by atoms with van der Waals surface area (Å²) in [6.45, 7) is 2.37. The molecule has 0 bridgehead atoms. The first-order chi connectivity index (χ1) is 14.9. The monoisotopic (exact) mass is 449 g/mol. The second-order valence-corrected chi connectivity index (χ2v) is 8.09. The van der Waals surface area contributed by atoms with Crippen LogP contribution in [0.5, 0.6) is 0 Å². The zero-order valence-corrected chi connectivity index (χ0v) is 18.4. The summed E-state index contributed by atoms with van der Waals surface area (Å²) in [5, 5.41) is 3.89. The van der Waals surface area contributed by atoms with Crippen LogP contribution >= 0.6 is 23.8 Å². The van der Waals surface area contributed by atoms with Crippen molar-refractivity contribution < 1.29 is 4.79 Å². The van der Waals surface area contributed by atoms with Crippen molar-refractivity contribution in [1.82, 2.24) is 9.55 Å².